The molecule has 0 saturated heterocycles. The lowest BCUT2D eigenvalue weighted by molar-refractivity contribution is -0.120. The number of nitrogens with one attached hydrogen (secondary N) is 2. The molecular weight excluding hydrogens is 388 g/mol. The van der Waals surface area contributed by atoms with Gasteiger partial charge in [0.25, 0.3) is 0 Å². The highest BCUT2D eigenvalue weighted by molar-refractivity contribution is 5.85. The largest absolute Gasteiger partial charge is 0.497 e. The molecular formula is C22H27ClN4O2. The fourth-order valence-corrected chi connectivity index (χ4v) is 2.95. The number of halogens is 1. The molecule has 0 unspecified atom stereocenters. The number of likely N-dealkylation sites (N-methyl/N-ethyl adjacent to an activating group) is 1. The number of carbonyl (C=O) groups excluding carboxylic acids is 1. The first-order valence-corrected chi connectivity index (χ1v) is 9.47. The molecule has 7 heteroatoms. The second kappa shape index (κ2) is 11.2. The molecule has 1 amide bonds. The van der Waals surface area contributed by atoms with Gasteiger partial charge in [0, 0.05) is 30.4 Å². The van der Waals surface area contributed by atoms with Gasteiger partial charge in [-0.1, -0.05) is 25.1 Å². The van der Waals surface area contributed by atoms with E-state index in [-0.39, 0.29) is 24.7 Å². The average molecular weight is 415 g/mol. The molecule has 0 saturated carbocycles. The summed E-state index contributed by atoms with van der Waals surface area (Å²) in [6.07, 6.45) is 2.21. The molecule has 0 aliphatic rings. The quantitative estimate of drug-likeness (QED) is 0.527. The van der Waals surface area contributed by atoms with Crippen molar-refractivity contribution in [2.45, 2.75) is 13.3 Å². The van der Waals surface area contributed by atoms with Gasteiger partial charge in [-0.2, -0.15) is 5.10 Å². The minimum atomic E-state index is -0.0136. The molecule has 1 heterocycles. The second-order valence-corrected chi connectivity index (χ2v) is 6.39. The number of benzene rings is 2. The van der Waals surface area contributed by atoms with Crippen LogP contribution < -0.4 is 15.4 Å². The number of nitrogens with zero attached hydrogens (tertiary/aromatic N) is 2. The molecule has 2 aromatic carbocycles. The maximum Gasteiger partial charge on any atom is 0.224 e. The highest BCUT2D eigenvalue weighted by atomic mass is 35.5. The molecule has 0 aliphatic carbocycles. The standard InChI is InChI=1S/C22H26N4O2.ClH/c1-3-23-13-14-24-21(27)15-18-16-26(19-7-5-4-6-8-19)25-22(18)17-9-11-20(28-2)12-10-17;/h4-12,16,23H,3,13-15H2,1-2H3,(H,24,27);1H. The summed E-state index contributed by atoms with van der Waals surface area (Å²) in [7, 11) is 1.64. The Morgan fingerprint density at radius 2 is 1.79 bits per heavy atom. The second-order valence-electron chi connectivity index (χ2n) is 6.39. The Balaban J connectivity index is 0.00000300. The molecule has 154 valence electrons. The fourth-order valence-electron chi connectivity index (χ4n) is 2.95. The van der Waals surface area contributed by atoms with Crippen molar-refractivity contribution in [1.82, 2.24) is 20.4 Å². The summed E-state index contributed by atoms with van der Waals surface area (Å²) in [6.45, 7) is 4.30. The number of hydrogen-bond acceptors (Lipinski definition) is 4. The Morgan fingerprint density at radius 3 is 2.45 bits per heavy atom. The number of rotatable bonds is 9. The van der Waals surface area contributed by atoms with Gasteiger partial charge in [-0.3, -0.25) is 4.79 Å². The lowest BCUT2D eigenvalue weighted by Crippen LogP contribution is -2.32. The van der Waals surface area contributed by atoms with Gasteiger partial charge in [-0.15, -0.1) is 12.4 Å². The van der Waals surface area contributed by atoms with E-state index in [1.807, 2.05) is 72.4 Å². The average Bonchev–Trinajstić information content (AvgIpc) is 3.15. The summed E-state index contributed by atoms with van der Waals surface area (Å²) in [4.78, 5) is 12.4. The van der Waals surface area contributed by atoms with Crippen LogP contribution in [0.15, 0.2) is 60.8 Å². The van der Waals surface area contributed by atoms with Gasteiger partial charge in [0.05, 0.1) is 24.9 Å². The van der Waals surface area contributed by atoms with E-state index in [1.54, 1.807) is 7.11 Å². The molecule has 0 aliphatic heterocycles. The molecule has 6 nitrogen and oxygen atoms in total. The third-order valence-electron chi connectivity index (χ3n) is 4.40. The summed E-state index contributed by atoms with van der Waals surface area (Å²) < 4.78 is 7.06. The third kappa shape index (κ3) is 6.07. The van der Waals surface area contributed by atoms with E-state index in [0.29, 0.717) is 6.54 Å². The van der Waals surface area contributed by atoms with Crippen LogP contribution in [0.3, 0.4) is 0 Å². The summed E-state index contributed by atoms with van der Waals surface area (Å²) in [5.74, 6) is 0.772. The number of hydrogen-bond donors (Lipinski definition) is 2. The van der Waals surface area contributed by atoms with Crippen LogP contribution in [0.25, 0.3) is 16.9 Å². The van der Waals surface area contributed by atoms with Crippen LogP contribution in [0.4, 0.5) is 0 Å². The Morgan fingerprint density at radius 1 is 1.07 bits per heavy atom. The maximum atomic E-state index is 12.4. The normalized spacial score (nSPS) is 10.3. The van der Waals surface area contributed by atoms with Crippen molar-refractivity contribution in [3.05, 3.63) is 66.4 Å². The predicted molar refractivity (Wildman–Crippen MR) is 118 cm³/mol. The number of para-hydroxylation sites is 1. The molecule has 0 fully saturated rings. The zero-order chi connectivity index (χ0) is 19.8. The van der Waals surface area contributed by atoms with E-state index in [2.05, 4.69) is 10.6 Å². The highest BCUT2D eigenvalue weighted by Crippen LogP contribution is 2.26. The first-order chi connectivity index (χ1) is 13.7. The van der Waals surface area contributed by atoms with Crippen LogP contribution in [0.1, 0.15) is 12.5 Å². The van der Waals surface area contributed by atoms with Crippen molar-refractivity contribution in [3.63, 3.8) is 0 Å². The van der Waals surface area contributed by atoms with Gasteiger partial charge in [-0.05, 0) is 42.9 Å². The molecule has 0 spiro atoms. The summed E-state index contributed by atoms with van der Waals surface area (Å²) >= 11 is 0. The fraction of sp³-hybridized carbons (Fsp3) is 0.273. The Hall–Kier alpha value is -2.83. The van der Waals surface area contributed by atoms with Gasteiger partial charge in [-0.25, -0.2) is 4.68 Å². The summed E-state index contributed by atoms with van der Waals surface area (Å²) in [5, 5.41) is 10.9. The molecule has 0 bridgehead atoms. The molecule has 0 radical (unpaired) electrons. The van der Waals surface area contributed by atoms with Crippen molar-refractivity contribution in [3.8, 4) is 22.7 Å². The molecule has 3 rings (SSSR count). The first-order valence-electron chi connectivity index (χ1n) is 9.47. The van der Waals surface area contributed by atoms with E-state index < -0.39 is 0 Å². The first kappa shape index (κ1) is 22.5. The number of carbonyl (C=O) groups is 1. The van der Waals surface area contributed by atoms with Crippen molar-refractivity contribution in [2.75, 3.05) is 26.7 Å². The Kier molecular flexibility index (Phi) is 8.70. The van der Waals surface area contributed by atoms with Crippen LogP contribution in [-0.4, -0.2) is 42.4 Å². The lowest BCUT2D eigenvalue weighted by Gasteiger charge is -2.06. The molecule has 29 heavy (non-hydrogen) atoms. The minimum Gasteiger partial charge on any atom is -0.497 e. The number of amides is 1. The van der Waals surface area contributed by atoms with Gasteiger partial charge in [0.2, 0.25) is 5.91 Å². The number of methoxy groups -OCH3 is 1. The minimum absolute atomic E-state index is 0. The van der Waals surface area contributed by atoms with E-state index in [0.717, 1.165) is 41.3 Å². The van der Waals surface area contributed by atoms with E-state index in [1.165, 1.54) is 0 Å². The predicted octanol–water partition coefficient (Wildman–Crippen LogP) is 3.24. The van der Waals surface area contributed by atoms with E-state index >= 15 is 0 Å². The van der Waals surface area contributed by atoms with Crippen LogP contribution in [0.5, 0.6) is 5.75 Å². The van der Waals surface area contributed by atoms with Gasteiger partial charge >= 0.3 is 0 Å². The SMILES string of the molecule is CCNCCNC(=O)Cc1cn(-c2ccccc2)nc1-c1ccc(OC)cc1.Cl. The smallest absolute Gasteiger partial charge is 0.224 e. The Labute approximate surface area is 177 Å². The van der Waals surface area contributed by atoms with Gasteiger partial charge in [0.1, 0.15) is 5.75 Å². The highest BCUT2D eigenvalue weighted by Gasteiger charge is 2.15. The third-order valence-corrected chi connectivity index (χ3v) is 4.40. The van der Waals surface area contributed by atoms with Crippen LogP contribution in [0, 0.1) is 0 Å². The molecule has 2 N–H and O–H groups in total. The van der Waals surface area contributed by atoms with Crippen molar-refractivity contribution < 1.29 is 9.53 Å². The van der Waals surface area contributed by atoms with Crippen molar-refractivity contribution >= 4 is 18.3 Å². The van der Waals surface area contributed by atoms with Crippen LogP contribution in [0.2, 0.25) is 0 Å². The van der Waals surface area contributed by atoms with E-state index in [9.17, 15) is 4.79 Å². The summed E-state index contributed by atoms with van der Waals surface area (Å²) in [5.41, 5.74) is 3.59. The van der Waals surface area contributed by atoms with Crippen molar-refractivity contribution in [1.29, 1.82) is 0 Å². The van der Waals surface area contributed by atoms with E-state index in [4.69, 9.17) is 9.84 Å². The summed E-state index contributed by atoms with van der Waals surface area (Å²) in [6, 6.07) is 17.6. The van der Waals surface area contributed by atoms with Crippen LogP contribution in [-0.2, 0) is 11.2 Å². The molecule has 0 atom stereocenters. The zero-order valence-corrected chi connectivity index (χ0v) is 17.5. The lowest BCUT2D eigenvalue weighted by atomic mass is 10.1. The number of ether oxygens (including phenoxy) is 1. The number of aromatic nitrogens is 2. The van der Waals surface area contributed by atoms with Gasteiger partial charge in [0.15, 0.2) is 0 Å². The van der Waals surface area contributed by atoms with Crippen molar-refractivity contribution in [2.24, 2.45) is 0 Å². The monoisotopic (exact) mass is 414 g/mol. The van der Waals surface area contributed by atoms with Crippen LogP contribution >= 0.6 is 12.4 Å². The molecule has 1 aromatic heterocycles. The Bertz CT molecular complexity index is 895. The topological polar surface area (TPSA) is 68.2 Å². The molecule has 3 aromatic rings. The zero-order valence-electron chi connectivity index (χ0n) is 16.7. The van der Waals surface area contributed by atoms with Gasteiger partial charge < -0.3 is 15.4 Å². The maximum absolute atomic E-state index is 12.4.